The third-order valence-corrected chi connectivity index (χ3v) is 4.86. The molecule has 0 amide bonds. The van der Waals surface area contributed by atoms with Gasteiger partial charge in [-0.2, -0.15) is 0 Å². The minimum Gasteiger partial charge on any atom is -0.330 e. The zero-order valence-corrected chi connectivity index (χ0v) is 12.5. The molecule has 1 saturated carbocycles. The third-order valence-electron chi connectivity index (χ3n) is 4.86. The van der Waals surface area contributed by atoms with Crippen molar-refractivity contribution >= 4 is 5.69 Å². The molecule has 0 aromatic heterocycles. The normalized spacial score (nSPS) is 25.8. The highest BCUT2D eigenvalue weighted by atomic mass is 19.1. The molecule has 1 aromatic carbocycles. The fourth-order valence-corrected chi connectivity index (χ4v) is 3.63. The van der Waals surface area contributed by atoms with Crippen LogP contribution < -0.4 is 5.73 Å². The first-order valence-corrected chi connectivity index (χ1v) is 7.62. The van der Waals surface area contributed by atoms with E-state index >= 15 is 0 Å². The van der Waals surface area contributed by atoms with E-state index in [2.05, 4.69) is 6.92 Å². The van der Waals surface area contributed by atoms with Crippen LogP contribution in [0, 0.1) is 27.3 Å². The lowest BCUT2D eigenvalue weighted by Crippen LogP contribution is -2.38. The molecule has 116 valence electrons. The van der Waals surface area contributed by atoms with Gasteiger partial charge in [0.2, 0.25) is 0 Å². The van der Waals surface area contributed by atoms with Crippen LogP contribution in [0.1, 0.15) is 44.6 Å². The molecule has 0 aliphatic heterocycles. The minimum absolute atomic E-state index is 0.00264. The van der Waals surface area contributed by atoms with Crippen LogP contribution in [0.4, 0.5) is 10.1 Å². The topological polar surface area (TPSA) is 69.2 Å². The van der Waals surface area contributed by atoms with Crippen molar-refractivity contribution < 1.29 is 9.31 Å². The van der Waals surface area contributed by atoms with Gasteiger partial charge >= 0.3 is 0 Å². The van der Waals surface area contributed by atoms with E-state index in [1.54, 1.807) is 0 Å². The molecule has 1 aliphatic carbocycles. The standard InChI is InChI=1S/C16H23FN2O2/c1-2-12-4-3-7-16(9-12,11-18)10-13-8-14(17)5-6-15(13)19(20)21/h5-6,8,12H,2-4,7,9-11,18H2,1H3. The van der Waals surface area contributed by atoms with Gasteiger partial charge in [-0.15, -0.1) is 0 Å². The number of nitrogens with zero attached hydrogens (tertiary/aromatic N) is 1. The second-order valence-electron chi connectivity index (χ2n) is 6.28. The predicted octanol–water partition coefficient (Wildman–Crippen LogP) is 3.82. The number of nitro groups is 1. The fraction of sp³-hybridized carbons (Fsp3) is 0.625. The average Bonchev–Trinajstić information content (AvgIpc) is 2.47. The molecule has 1 aromatic rings. The van der Waals surface area contributed by atoms with Crippen molar-refractivity contribution in [2.45, 2.75) is 45.4 Å². The summed E-state index contributed by atoms with van der Waals surface area (Å²) in [6.07, 6.45) is 5.84. The summed E-state index contributed by atoms with van der Waals surface area (Å²) in [5.74, 6) is 0.195. The van der Waals surface area contributed by atoms with E-state index < -0.39 is 10.7 Å². The summed E-state index contributed by atoms with van der Waals surface area (Å²) < 4.78 is 13.5. The molecule has 0 radical (unpaired) electrons. The van der Waals surface area contributed by atoms with Gasteiger partial charge < -0.3 is 5.73 Å². The summed E-state index contributed by atoms with van der Waals surface area (Å²) in [6.45, 7) is 2.67. The summed E-state index contributed by atoms with van der Waals surface area (Å²) in [4.78, 5) is 10.7. The third kappa shape index (κ3) is 3.59. The van der Waals surface area contributed by atoms with Crippen molar-refractivity contribution in [2.75, 3.05) is 6.54 Å². The molecule has 1 fully saturated rings. The van der Waals surface area contributed by atoms with Gasteiger partial charge in [-0.3, -0.25) is 10.1 Å². The van der Waals surface area contributed by atoms with E-state index in [1.807, 2.05) is 0 Å². The molecule has 2 N–H and O–H groups in total. The fourth-order valence-electron chi connectivity index (χ4n) is 3.63. The predicted molar refractivity (Wildman–Crippen MR) is 80.5 cm³/mol. The van der Waals surface area contributed by atoms with Crippen LogP contribution in [0.25, 0.3) is 0 Å². The number of hydrogen-bond donors (Lipinski definition) is 1. The molecule has 2 unspecified atom stereocenters. The Hall–Kier alpha value is -1.49. The van der Waals surface area contributed by atoms with Crippen LogP contribution in [0.3, 0.4) is 0 Å². The van der Waals surface area contributed by atoms with Crippen molar-refractivity contribution in [3.05, 3.63) is 39.7 Å². The van der Waals surface area contributed by atoms with Crippen molar-refractivity contribution in [3.8, 4) is 0 Å². The second kappa shape index (κ2) is 6.52. The molecule has 2 rings (SSSR count). The molecule has 0 saturated heterocycles. The summed E-state index contributed by atoms with van der Waals surface area (Å²) in [5.41, 5.74) is 6.35. The van der Waals surface area contributed by atoms with Gasteiger partial charge in [0.1, 0.15) is 5.82 Å². The van der Waals surface area contributed by atoms with E-state index in [0.717, 1.165) is 31.7 Å². The minimum atomic E-state index is -0.431. The molecule has 21 heavy (non-hydrogen) atoms. The van der Waals surface area contributed by atoms with E-state index in [4.69, 9.17) is 5.73 Å². The smallest absolute Gasteiger partial charge is 0.272 e. The van der Waals surface area contributed by atoms with Gasteiger partial charge in [-0.25, -0.2) is 4.39 Å². The zero-order valence-electron chi connectivity index (χ0n) is 12.5. The van der Waals surface area contributed by atoms with Crippen LogP contribution in [0.5, 0.6) is 0 Å². The lowest BCUT2D eigenvalue weighted by molar-refractivity contribution is -0.385. The van der Waals surface area contributed by atoms with E-state index in [-0.39, 0.29) is 11.1 Å². The molecular formula is C16H23FN2O2. The molecule has 0 bridgehead atoms. The van der Waals surface area contributed by atoms with Crippen LogP contribution in [-0.2, 0) is 6.42 Å². The highest BCUT2D eigenvalue weighted by Gasteiger charge is 2.36. The quantitative estimate of drug-likeness (QED) is 0.663. The zero-order chi connectivity index (χ0) is 15.5. The molecular weight excluding hydrogens is 271 g/mol. The molecule has 0 spiro atoms. The number of rotatable bonds is 5. The molecule has 1 aliphatic rings. The van der Waals surface area contributed by atoms with Crippen molar-refractivity contribution in [1.29, 1.82) is 0 Å². The van der Waals surface area contributed by atoms with Gasteiger partial charge in [-0.1, -0.05) is 26.2 Å². The Morgan fingerprint density at radius 2 is 2.29 bits per heavy atom. The van der Waals surface area contributed by atoms with Gasteiger partial charge in [0, 0.05) is 11.6 Å². The van der Waals surface area contributed by atoms with Crippen LogP contribution in [0.15, 0.2) is 18.2 Å². The Morgan fingerprint density at radius 1 is 1.52 bits per heavy atom. The monoisotopic (exact) mass is 294 g/mol. The number of benzene rings is 1. The Labute approximate surface area is 124 Å². The number of nitrogens with two attached hydrogens (primary N) is 1. The summed E-state index contributed by atoms with van der Waals surface area (Å²) in [7, 11) is 0. The van der Waals surface area contributed by atoms with Gasteiger partial charge in [0.15, 0.2) is 0 Å². The average molecular weight is 294 g/mol. The maximum Gasteiger partial charge on any atom is 0.272 e. The van der Waals surface area contributed by atoms with Gasteiger partial charge in [0.25, 0.3) is 5.69 Å². The number of nitro benzene ring substituents is 1. The van der Waals surface area contributed by atoms with Crippen LogP contribution in [0.2, 0.25) is 0 Å². The maximum atomic E-state index is 13.5. The highest BCUT2D eigenvalue weighted by Crippen LogP contribution is 2.43. The highest BCUT2D eigenvalue weighted by molar-refractivity contribution is 5.41. The largest absolute Gasteiger partial charge is 0.330 e. The van der Waals surface area contributed by atoms with E-state index in [1.165, 1.54) is 18.6 Å². The molecule has 5 heteroatoms. The first-order valence-electron chi connectivity index (χ1n) is 7.62. The lowest BCUT2D eigenvalue weighted by Gasteiger charge is -2.40. The first-order chi connectivity index (χ1) is 9.99. The second-order valence-corrected chi connectivity index (χ2v) is 6.28. The van der Waals surface area contributed by atoms with Crippen LogP contribution >= 0.6 is 0 Å². The van der Waals surface area contributed by atoms with Crippen molar-refractivity contribution in [2.24, 2.45) is 17.1 Å². The van der Waals surface area contributed by atoms with Crippen molar-refractivity contribution in [3.63, 3.8) is 0 Å². The van der Waals surface area contributed by atoms with E-state index in [9.17, 15) is 14.5 Å². The number of halogens is 1. The van der Waals surface area contributed by atoms with Gasteiger partial charge in [-0.05, 0) is 49.3 Å². The van der Waals surface area contributed by atoms with Crippen molar-refractivity contribution in [1.82, 2.24) is 0 Å². The summed E-state index contributed by atoms with van der Waals surface area (Å²) in [6, 6.07) is 3.70. The first kappa shape index (κ1) is 15.9. The van der Waals surface area contributed by atoms with Gasteiger partial charge in [0.05, 0.1) is 4.92 Å². The molecule has 0 heterocycles. The van der Waals surface area contributed by atoms with Crippen LogP contribution in [-0.4, -0.2) is 11.5 Å². The Balaban J connectivity index is 2.29. The van der Waals surface area contributed by atoms with E-state index in [0.29, 0.717) is 24.4 Å². The number of hydrogen-bond acceptors (Lipinski definition) is 3. The SMILES string of the molecule is CCC1CCCC(CN)(Cc2cc(F)ccc2[N+](=O)[O-])C1. The molecule has 4 nitrogen and oxygen atoms in total. The summed E-state index contributed by atoms with van der Waals surface area (Å²) in [5, 5.41) is 11.1. The maximum absolute atomic E-state index is 13.5. The Kier molecular flexibility index (Phi) is 4.93. The Morgan fingerprint density at radius 3 is 2.90 bits per heavy atom. The molecule has 2 atom stereocenters. The Bertz CT molecular complexity index is 521. The summed E-state index contributed by atoms with van der Waals surface area (Å²) >= 11 is 0. The lowest BCUT2D eigenvalue weighted by atomic mass is 9.66.